The van der Waals surface area contributed by atoms with Gasteiger partial charge in [-0.3, -0.25) is 0 Å². The minimum absolute atomic E-state index is 0.380. The quantitative estimate of drug-likeness (QED) is 0.326. The predicted octanol–water partition coefficient (Wildman–Crippen LogP) is 4.01. The SMILES string of the molecule is C=CC(=O)OCCCCCOc1ccc(C)cc1-n1nc2ccccc2n1. The molecular formula is C21H23N3O3. The van der Waals surface area contributed by atoms with Crippen LogP contribution >= 0.6 is 0 Å². The van der Waals surface area contributed by atoms with E-state index in [1.807, 2.05) is 49.4 Å². The van der Waals surface area contributed by atoms with Gasteiger partial charge in [0.15, 0.2) is 0 Å². The number of rotatable bonds is 9. The molecule has 0 aliphatic rings. The Bertz CT molecular complexity index is 900. The molecular weight excluding hydrogens is 342 g/mol. The summed E-state index contributed by atoms with van der Waals surface area (Å²) in [5.74, 6) is 0.369. The molecule has 27 heavy (non-hydrogen) atoms. The first kappa shape index (κ1) is 18.6. The van der Waals surface area contributed by atoms with Crippen LogP contribution in [0.15, 0.2) is 55.1 Å². The van der Waals surface area contributed by atoms with Crippen LogP contribution in [0.2, 0.25) is 0 Å². The molecule has 3 aromatic rings. The lowest BCUT2D eigenvalue weighted by molar-refractivity contribution is -0.137. The number of aryl methyl sites for hydroxylation is 1. The maximum Gasteiger partial charge on any atom is 0.330 e. The van der Waals surface area contributed by atoms with Crippen molar-refractivity contribution in [1.82, 2.24) is 15.0 Å². The van der Waals surface area contributed by atoms with E-state index in [-0.39, 0.29) is 5.97 Å². The van der Waals surface area contributed by atoms with Crippen molar-refractivity contribution in [2.24, 2.45) is 0 Å². The number of unbranched alkanes of at least 4 members (excludes halogenated alkanes) is 2. The van der Waals surface area contributed by atoms with E-state index in [0.29, 0.717) is 13.2 Å². The van der Waals surface area contributed by atoms with E-state index >= 15 is 0 Å². The Kier molecular flexibility index (Phi) is 6.20. The second-order valence-corrected chi connectivity index (χ2v) is 6.23. The van der Waals surface area contributed by atoms with Gasteiger partial charge >= 0.3 is 5.97 Å². The zero-order valence-corrected chi connectivity index (χ0v) is 15.4. The van der Waals surface area contributed by atoms with Crippen molar-refractivity contribution in [1.29, 1.82) is 0 Å². The normalized spacial score (nSPS) is 10.7. The van der Waals surface area contributed by atoms with Gasteiger partial charge in [0.05, 0.1) is 13.2 Å². The van der Waals surface area contributed by atoms with Gasteiger partial charge in [-0.25, -0.2) is 4.79 Å². The molecule has 0 saturated heterocycles. The number of hydrogen-bond donors (Lipinski definition) is 0. The van der Waals surface area contributed by atoms with Gasteiger partial charge in [-0.1, -0.05) is 24.8 Å². The molecule has 0 radical (unpaired) electrons. The number of ether oxygens (including phenoxy) is 2. The fourth-order valence-electron chi connectivity index (χ4n) is 2.67. The molecule has 6 heteroatoms. The van der Waals surface area contributed by atoms with E-state index in [4.69, 9.17) is 9.47 Å². The number of hydrogen-bond acceptors (Lipinski definition) is 5. The first-order chi connectivity index (χ1) is 13.2. The molecule has 2 aromatic carbocycles. The summed E-state index contributed by atoms with van der Waals surface area (Å²) in [5, 5.41) is 9.09. The van der Waals surface area contributed by atoms with Gasteiger partial charge in [0.2, 0.25) is 0 Å². The fraction of sp³-hybridized carbons (Fsp3) is 0.286. The summed E-state index contributed by atoms with van der Waals surface area (Å²) in [6.07, 6.45) is 3.76. The van der Waals surface area contributed by atoms with Gasteiger partial charge in [-0.2, -0.15) is 0 Å². The van der Waals surface area contributed by atoms with Crippen LogP contribution in [-0.4, -0.2) is 34.2 Å². The van der Waals surface area contributed by atoms with Crippen molar-refractivity contribution in [3.05, 3.63) is 60.7 Å². The summed E-state index contributed by atoms with van der Waals surface area (Å²) in [5.41, 5.74) is 3.63. The summed E-state index contributed by atoms with van der Waals surface area (Å²) in [6.45, 7) is 6.38. The number of aromatic nitrogens is 3. The second-order valence-electron chi connectivity index (χ2n) is 6.23. The third kappa shape index (κ3) is 4.94. The Balaban J connectivity index is 1.59. The second kappa shape index (κ2) is 8.98. The Hall–Kier alpha value is -3.15. The minimum Gasteiger partial charge on any atom is -0.491 e. The average Bonchev–Trinajstić information content (AvgIpc) is 3.12. The highest BCUT2D eigenvalue weighted by Crippen LogP contribution is 2.24. The van der Waals surface area contributed by atoms with Gasteiger partial charge < -0.3 is 9.47 Å². The molecule has 0 spiro atoms. The van der Waals surface area contributed by atoms with E-state index in [9.17, 15) is 4.79 Å². The highest BCUT2D eigenvalue weighted by atomic mass is 16.5. The standard InChI is InChI=1S/C21H23N3O3/c1-3-21(25)27-14-8-4-7-13-26-20-12-11-16(2)15-19(20)24-22-17-9-5-6-10-18(17)23-24/h3,5-6,9-12,15H,1,4,7-8,13-14H2,2H3. The molecule has 0 saturated carbocycles. The molecule has 0 fully saturated rings. The lowest BCUT2D eigenvalue weighted by Crippen LogP contribution is -2.06. The topological polar surface area (TPSA) is 66.2 Å². The van der Waals surface area contributed by atoms with Gasteiger partial charge in [-0.15, -0.1) is 15.0 Å². The monoisotopic (exact) mass is 365 g/mol. The number of carbonyl (C=O) groups is 1. The van der Waals surface area contributed by atoms with Crippen LogP contribution in [-0.2, 0) is 9.53 Å². The van der Waals surface area contributed by atoms with Crippen LogP contribution < -0.4 is 4.74 Å². The number of nitrogens with zero attached hydrogens (tertiary/aromatic N) is 3. The van der Waals surface area contributed by atoms with Gasteiger partial charge in [-0.05, 0) is 56.0 Å². The number of fused-ring (bicyclic) bond motifs is 1. The van der Waals surface area contributed by atoms with Crippen molar-refractivity contribution in [3.63, 3.8) is 0 Å². The molecule has 0 amide bonds. The summed E-state index contributed by atoms with van der Waals surface area (Å²) in [6, 6.07) is 13.7. The third-order valence-electron chi connectivity index (χ3n) is 4.07. The maximum atomic E-state index is 11.0. The molecule has 6 nitrogen and oxygen atoms in total. The maximum absolute atomic E-state index is 11.0. The van der Waals surface area contributed by atoms with E-state index in [2.05, 4.69) is 16.8 Å². The van der Waals surface area contributed by atoms with E-state index < -0.39 is 0 Å². The van der Waals surface area contributed by atoms with E-state index in [0.717, 1.165) is 47.3 Å². The molecule has 0 aliphatic heterocycles. The van der Waals surface area contributed by atoms with Crippen molar-refractivity contribution in [2.75, 3.05) is 13.2 Å². The molecule has 0 atom stereocenters. The summed E-state index contributed by atoms with van der Waals surface area (Å²) < 4.78 is 10.9. The average molecular weight is 365 g/mol. The fourth-order valence-corrected chi connectivity index (χ4v) is 2.67. The first-order valence-corrected chi connectivity index (χ1v) is 9.02. The number of benzene rings is 2. The summed E-state index contributed by atoms with van der Waals surface area (Å²) in [4.78, 5) is 12.6. The third-order valence-corrected chi connectivity index (χ3v) is 4.07. The lowest BCUT2D eigenvalue weighted by Gasteiger charge is -2.11. The zero-order valence-electron chi connectivity index (χ0n) is 15.4. The van der Waals surface area contributed by atoms with Crippen LogP contribution in [0, 0.1) is 6.92 Å². The van der Waals surface area contributed by atoms with Crippen LogP contribution in [0.3, 0.4) is 0 Å². The highest BCUT2D eigenvalue weighted by molar-refractivity contribution is 5.81. The van der Waals surface area contributed by atoms with Crippen molar-refractivity contribution >= 4 is 17.0 Å². The van der Waals surface area contributed by atoms with Crippen molar-refractivity contribution < 1.29 is 14.3 Å². The molecule has 0 bridgehead atoms. The van der Waals surface area contributed by atoms with Gasteiger partial charge in [0.25, 0.3) is 0 Å². The largest absolute Gasteiger partial charge is 0.491 e. The summed E-state index contributed by atoms with van der Waals surface area (Å²) >= 11 is 0. The van der Waals surface area contributed by atoms with Gasteiger partial charge in [0.1, 0.15) is 22.5 Å². The summed E-state index contributed by atoms with van der Waals surface area (Å²) in [7, 11) is 0. The van der Waals surface area contributed by atoms with Crippen LogP contribution in [0.4, 0.5) is 0 Å². The van der Waals surface area contributed by atoms with E-state index in [1.54, 1.807) is 4.80 Å². The number of carbonyl (C=O) groups excluding carboxylic acids is 1. The molecule has 0 unspecified atom stereocenters. The number of esters is 1. The Morgan fingerprint density at radius 1 is 1.07 bits per heavy atom. The van der Waals surface area contributed by atoms with Crippen LogP contribution in [0.1, 0.15) is 24.8 Å². The van der Waals surface area contributed by atoms with Gasteiger partial charge in [0, 0.05) is 6.08 Å². The van der Waals surface area contributed by atoms with Crippen molar-refractivity contribution in [2.45, 2.75) is 26.2 Å². The van der Waals surface area contributed by atoms with Crippen molar-refractivity contribution in [3.8, 4) is 11.4 Å². The molecule has 0 N–H and O–H groups in total. The molecule has 0 aliphatic carbocycles. The Morgan fingerprint density at radius 2 is 1.78 bits per heavy atom. The molecule has 1 aromatic heterocycles. The Labute approximate surface area is 158 Å². The first-order valence-electron chi connectivity index (χ1n) is 9.02. The highest BCUT2D eigenvalue weighted by Gasteiger charge is 2.10. The van der Waals surface area contributed by atoms with Crippen LogP contribution in [0.25, 0.3) is 16.7 Å². The van der Waals surface area contributed by atoms with E-state index in [1.165, 1.54) is 6.08 Å². The lowest BCUT2D eigenvalue weighted by atomic mass is 10.2. The zero-order chi connectivity index (χ0) is 19.1. The molecule has 140 valence electrons. The predicted molar refractivity (Wildman–Crippen MR) is 104 cm³/mol. The smallest absolute Gasteiger partial charge is 0.330 e. The van der Waals surface area contributed by atoms with Crippen LogP contribution in [0.5, 0.6) is 5.75 Å². The minimum atomic E-state index is -0.380. The molecule has 3 rings (SSSR count). The Morgan fingerprint density at radius 3 is 2.48 bits per heavy atom. The molecule has 1 heterocycles.